The molecule has 5 nitrogen and oxygen atoms in total. The largest absolute Gasteiger partial charge is 0.441 e. The normalized spacial score (nSPS) is 21.4. The van der Waals surface area contributed by atoms with E-state index in [1.54, 1.807) is 6.20 Å². The van der Waals surface area contributed by atoms with Gasteiger partial charge in [-0.25, -0.2) is 4.98 Å². The molecule has 3 rings (SSSR count). The van der Waals surface area contributed by atoms with Crippen LogP contribution in [0.15, 0.2) is 40.9 Å². The molecule has 5 heteroatoms. The Bertz CT molecular complexity index is 643. The summed E-state index contributed by atoms with van der Waals surface area (Å²) in [6, 6.07) is 9.84. The minimum Gasteiger partial charge on any atom is -0.441 e. The molecule has 1 aromatic heterocycles. The second-order valence-electron chi connectivity index (χ2n) is 6.04. The first-order chi connectivity index (χ1) is 11.1. The van der Waals surface area contributed by atoms with Gasteiger partial charge in [0.2, 0.25) is 5.91 Å². The van der Waals surface area contributed by atoms with Crippen LogP contribution in [0.2, 0.25) is 0 Å². The van der Waals surface area contributed by atoms with E-state index in [0.29, 0.717) is 31.8 Å². The molecule has 0 radical (unpaired) electrons. The summed E-state index contributed by atoms with van der Waals surface area (Å²) in [5.41, 5.74) is 0.994. The van der Waals surface area contributed by atoms with Crippen molar-refractivity contribution in [1.82, 2.24) is 9.88 Å². The number of morpholine rings is 1. The highest BCUT2D eigenvalue weighted by molar-refractivity contribution is 5.76. The monoisotopic (exact) mass is 314 g/mol. The first kappa shape index (κ1) is 15.7. The minimum atomic E-state index is 0.0918. The van der Waals surface area contributed by atoms with Gasteiger partial charge in [0.1, 0.15) is 0 Å². The van der Waals surface area contributed by atoms with Crippen molar-refractivity contribution in [2.75, 3.05) is 13.1 Å². The maximum absolute atomic E-state index is 12.3. The lowest BCUT2D eigenvalue weighted by atomic mass is 10.2. The van der Waals surface area contributed by atoms with E-state index >= 15 is 0 Å². The molecule has 0 spiro atoms. The van der Waals surface area contributed by atoms with E-state index in [0.717, 1.165) is 11.3 Å². The van der Waals surface area contributed by atoms with E-state index in [2.05, 4.69) is 4.98 Å². The Kier molecular flexibility index (Phi) is 4.76. The van der Waals surface area contributed by atoms with Crippen LogP contribution in [0, 0.1) is 0 Å². The molecule has 23 heavy (non-hydrogen) atoms. The fourth-order valence-corrected chi connectivity index (χ4v) is 2.92. The number of aryl methyl sites for hydroxylation is 1. The van der Waals surface area contributed by atoms with Crippen LogP contribution in [0.5, 0.6) is 0 Å². The van der Waals surface area contributed by atoms with Gasteiger partial charge in [-0.05, 0) is 13.8 Å². The van der Waals surface area contributed by atoms with Crippen molar-refractivity contribution in [3.05, 3.63) is 42.4 Å². The molecule has 1 aliphatic heterocycles. The predicted molar refractivity (Wildman–Crippen MR) is 86.8 cm³/mol. The molecule has 1 saturated heterocycles. The smallest absolute Gasteiger partial charge is 0.223 e. The summed E-state index contributed by atoms with van der Waals surface area (Å²) in [6.07, 6.45) is 2.83. The second kappa shape index (κ2) is 6.96. The van der Waals surface area contributed by atoms with Crippen LogP contribution >= 0.6 is 0 Å². The number of hydrogen-bond donors (Lipinski definition) is 0. The van der Waals surface area contributed by atoms with Crippen LogP contribution in [0.3, 0.4) is 0 Å². The Morgan fingerprint density at radius 2 is 1.91 bits per heavy atom. The highest BCUT2D eigenvalue weighted by Crippen LogP contribution is 2.20. The van der Waals surface area contributed by atoms with Gasteiger partial charge >= 0.3 is 0 Å². The zero-order valence-corrected chi connectivity index (χ0v) is 13.6. The van der Waals surface area contributed by atoms with Crippen LogP contribution in [0.1, 0.15) is 26.2 Å². The lowest BCUT2D eigenvalue weighted by Crippen LogP contribution is -2.48. The number of carbonyl (C=O) groups is 1. The average Bonchev–Trinajstić information content (AvgIpc) is 3.01. The average molecular weight is 314 g/mol. The number of aromatic nitrogens is 1. The highest BCUT2D eigenvalue weighted by atomic mass is 16.5. The second-order valence-corrected chi connectivity index (χ2v) is 6.04. The van der Waals surface area contributed by atoms with Crippen LogP contribution < -0.4 is 0 Å². The molecule has 1 amide bonds. The molecular formula is C18H22N2O3. The fraction of sp³-hybridized carbons (Fsp3) is 0.444. The Morgan fingerprint density at radius 3 is 2.61 bits per heavy atom. The van der Waals surface area contributed by atoms with Gasteiger partial charge in [-0.15, -0.1) is 0 Å². The zero-order valence-electron chi connectivity index (χ0n) is 13.6. The molecule has 2 heterocycles. The Balaban J connectivity index is 1.56. The summed E-state index contributed by atoms with van der Waals surface area (Å²) in [5.74, 6) is 1.47. The van der Waals surface area contributed by atoms with Gasteiger partial charge in [0, 0.05) is 31.5 Å². The number of amides is 1. The Labute approximate surface area is 136 Å². The molecule has 1 aromatic carbocycles. The van der Waals surface area contributed by atoms with Gasteiger partial charge in [-0.2, -0.15) is 0 Å². The SMILES string of the molecule is C[C@@H]1CN(C(=O)CCc2ncc(-c3ccccc3)o2)C[C@H](C)O1. The summed E-state index contributed by atoms with van der Waals surface area (Å²) < 4.78 is 11.4. The van der Waals surface area contributed by atoms with Gasteiger partial charge < -0.3 is 14.1 Å². The van der Waals surface area contributed by atoms with Crippen LogP contribution in [-0.4, -0.2) is 41.1 Å². The summed E-state index contributed by atoms with van der Waals surface area (Å²) in [5, 5.41) is 0. The van der Waals surface area contributed by atoms with Crippen molar-refractivity contribution in [3.63, 3.8) is 0 Å². The Morgan fingerprint density at radius 1 is 1.22 bits per heavy atom. The highest BCUT2D eigenvalue weighted by Gasteiger charge is 2.25. The van der Waals surface area contributed by atoms with Gasteiger partial charge in [-0.3, -0.25) is 4.79 Å². The number of oxazole rings is 1. The number of hydrogen-bond acceptors (Lipinski definition) is 4. The van der Waals surface area contributed by atoms with Gasteiger partial charge in [0.25, 0.3) is 0 Å². The maximum Gasteiger partial charge on any atom is 0.223 e. The summed E-state index contributed by atoms with van der Waals surface area (Å²) >= 11 is 0. The Hall–Kier alpha value is -2.14. The van der Waals surface area contributed by atoms with Crippen molar-refractivity contribution in [3.8, 4) is 11.3 Å². The molecular weight excluding hydrogens is 292 g/mol. The molecule has 0 N–H and O–H groups in total. The van der Waals surface area contributed by atoms with Crippen molar-refractivity contribution in [2.45, 2.75) is 38.9 Å². The number of carbonyl (C=O) groups excluding carboxylic acids is 1. The van der Waals surface area contributed by atoms with E-state index in [9.17, 15) is 4.79 Å². The molecule has 0 unspecified atom stereocenters. The maximum atomic E-state index is 12.3. The van der Waals surface area contributed by atoms with Crippen molar-refractivity contribution < 1.29 is 13.9 Å². The molecule has 122 valence electrons. The minimum absolute atomic E-state index is 0.0918. The van der Waals surface area contributed by atoms with E-state index in [1.165, 1.54) is 0 Å². The first-order valence-corrected chi connectivity index (χ1v) is 8.05. The third-order valence-electron chi connectivity index (χ3n) is 3.94. The first-order valence-electron chi connectivity index (χ1n) is 8.05. The molecule has 1 fully saturated rings. The van der Waals surface area contributed by atoms with Gasteiger partial charge in [0.05, 0.1) is 18.4 Å². The number of rotatable bonds is 4. The number of ether oxygens (including phenoxy) is 1. The zero-order chi connectivity index (χ0) is 16.2. The van der Waals surface area contributed by atoms with E-state index < -0.39 is 0 Å². The van der Waals surface area contributed by atoms with Gasteiger partial charge in [-0.1, -0.05) is 30.3 Å². The van der Waals surface area contributed by atoms with Crippen LogP contribution in [-0.2, 0) is 16.0 Å². The third kappa shape index (κ3) is 3.99. The van der Waals surface area contributed by atoms with E-state index in [1.807, 2.05) is 49.1 Å². The molecule has 2 aromatic rings. The lowest BCUT2D eigenvalue weighted by molar-refractivity contribution is -0.143. The summed E-state index contributed by atoms with van der Waals surface area (Å²) in [6.45, 7) is 5.31. The third-order valence-corrected chi connectivity index (χ3v) is 3.94. The standard InChI is InChI=1S/C18H22N2O3/c1-13-11-20(12-14(2)22-13)18(21)9-8-17-19-10-16(23-17)15-6-4-3-5-7-15/h3-7,10,13-14H,8-9,11-12H2,1-2H3/t13-,14+. The molecule has 0 bridgehead atoms. The van der Waals surface area contributed by atoms with E-state index in [4.69, 9.17) is 9.15 Å². The quantitative estimate of drug-likeness (QED) is 0.871. The number of nitrogens with zero attached hydrogens (tertiary/aromatic N) is 2. The summed E-state index contributed by atoms with van der Waals surface area (Å²) in [4.78, 5) is 18.5. The van der Waals surface area contributed by atoms with Crippen LogP contribution in [0.25, 0.3) is 11.3 Å². The molecule has 0 saturated carbocycles. The van der Waals surface area contributed by atoms with Gasteiger partial charge in [0.15, 0.2) is 11.7 Å². The lowest BCUT2D eigenvalue weighted by Gasteiger charge is -2.35. The fourth-order valence-electron chi connectivity index (χ4n) is 2.92. The predicted octanol–water partition coefficient (Wildman–Crippen LogP) is 2.91. The molecule has 1 aliphatic rings. The number of benzene rings is 1. The van der Waals surface area contributed by atoms with E-state index in [-0.39, 0.29) is 18.1 Å². The summed E-state index contributed by atoms with van der Waals surface area (Å²) in [7, 11) is 0. The molecule has 2 atom stereocenters. The van der Waals surface area contributed by atoms with Crippen LogP contribution in [0.4, 0.5) is 0 Å². The molecule has 0 aliphatic carbocycles. The topological polar surface area (TPSA) is 55.6 Å². The van der Waals surface area contributed by atoms with Crippen molar-refractivity contribution in [2.24, 2.45) is 0 Å². The van der Waals surface area contributed by atoms with Crippen molar-refractivity contribution in [1.29, 1.82) is 0 Å². The van der Waals surface area contributed by atoms with Crippen molar-refractivity contribution >= 4 is 5.91 Å².